The summed E-state index contributed by atoms with van der Waals surface area (Å²) in [6.07, 6.45) is -5.56. The Kier molecular flexibility index (Phi) is 3.23. The molecule has 0 radical (unpaired) electrons. The van der Waals surface area contributed by atoms with Crippen LogP contribution in [0.3, 0.4) is 0 Å². The first kappa shape index (κ1) is 14.4. The lowest BCUT2D eigenvalue weighted by Crippen LogP contribution is -2.47. The summed E-state index contributed by atoms with van der Waals surface area (Å²) in [7, 11) is 0. The molecule has 1 atom stereocenters. The third kappa shape index (κ3) is 2.12. The Hall–Kier alpha value is -2.06. The molecule has 9 heteroatoms. The van der Waals surface area contributed by atoms with Crippen LogP contribution in [0, 0.1) is 12.3 Å². The molecule has 1 fully saturated rings. The highest BCUT2D eigenvalue weighted by Gasteiger charge is 2.64. The van der Waals surface area contributed by atoms with Gasteiger partial charge in [0.05, 0.1) is 0 Å². The number of amides is 1. The Bertz CT molecular complexity index is 555. The van der Waals surface area contributed by atoms with Gasteiger partial charge in [0.1, 0.15) is 5.69 Å². The van der Waals surface area contributed by atoms with Crippen molar-refractivity contribution in [1.29, 1.82) is 0 Å². The lowest BCUT2D eigenvalue weighted by atomic mass is 9.86. The minimum atomic E-state index is -4.91. The van der Waals surface area contributed by atoms with E-state index in [1.165, 1.54) is 6.07 Å². The van der Waals surface area contributed by atoms with Crippen LogP contribution in [0.2, 0.25) is 0 Å². The van der Waals surface area contributed by atoms with Gasteiger partial charge in [-0.3, -0.25) is 14.7 Å². The monoisotopic (exact) mass is 291 g/mol. The maximum absolute atomic E-state index is 13.0. The largest absolute Gasteiger partial charge is 0.481 e. The molecule has 20 heavy (non-hydrogen) atoms. The van der Waals surface area contributed by atoms with Crippen LogP contribution in [0.1, 0.15) is 22.6 Å². The van der Waals surface area contributed by atoms with Gasteiger partial charge in [0, 0.05) is 18.8 Å². The fraction of sp³-hybridized carbons (Fsp3) is 0.545. The number of aryl methyl sites for hydroxylation is 1. The van der Waals surface area contributed by atoms with Crippen LogP contribution in [-0.2, 0) is 4.79 Å². The number of H-pyrrole nitrogens is 1. The predicted octanol–water partition coefficient (Wildman–Crippen LogP) is 1.20. The summed E-state index contributed by atoms with van der Waals surface area (Å²) in [4.78, 5) is 23.9. The maximum atomic E-state index is 13.0. The van der Waals surface area contributed by atoms with Crippen molar-refractivity contribution >= 4 is 11.9 Å². The van der Waals surface area contributed by atoms with Crippen molar-refractivity contribution in [2.24, 2.45) is 5.41 Å². The van der Waals surface area contributed by atoms with E-state index in [2.05, 4.69) is 10.2 Å². The summed E-state index contributed by atoms with van der Waals surface area (Å²) in [6, 6.07) is 1.40. The van der Waals surface area contributed by atoms with Crippen molar-refractivity contribution in [3.05, 3.63) is 17.5 Å². The van der Waals surface area contributed by atoms with E-state index in [0.29, 0.717) is 5.69 Å². The number of aliphatic carboxylic acids is 1. The molecule has 0 spiro atoms. The fourth-order valence-electron chi connectivity index (χ4n) is 2.20. The molecule has 2 N–H and O–H groups in total. The summed E-state index contributed by atoms with van der Waals surface area (Å²) < 4.78 is 38.9. The zero-order valence-electron chi connectivity index (χ0n) is 10.5. The van der Waals surface area contributed by atoms with Gasteiger partial charge < -0.3 is 10.0 Å². The molecule has 1 aliphatic rings. The molecule has 1 saturated heterocycles. The van der Waals surface area contributed by atoms with E-state index in [-0.39, 0.29) is 12.2 Å². The van der Waals surface area contributed by atoms with Crippen molar-refractivity contribution in [2.45, 2.75) is 19.5 Å². The van der Waals surface area contributed by atoms with Gasteiger partial charge in [-0.2, -0.15) is 18.3 Å². The predicted molar refractivity (Wildman–Crippen MR) is 60.0 cm³/mol. The number of nitrogens with one attached hydrogen (secondary N) is 1. The number of carbonyl (C=O) groups excluding carboxylic acids is 1. The molecule has 0 bridgehead atoms. The number of carboxylic acids is 1. The zero-order chi connectivity index (χ0) is 15.1. The molecular weight excluding hydrogens is 279 g/mol. The Labute approximate surface area is 111 Å². The minimum Gasteiger partial charge on any atom is -0.481 e. The number of aromatic nitrogens is 2. The molecule has 2 rings (SSSR count). The number of likely N-dealkylation sites (tertiary alicyclic amines) is 1. The van der Waals surface area contributed by atoms with E-state index in [0.717, 1.165) is 4.90 Å². The average molecular weight is 291 g/mol. The van der Waals surface area contributed by atoms with Crippen LogP contribution < -0.4 is 0 Å². The lowest BCUT2D eigenvalue weighted by Gasteiger charge is -2.27. The van der Waals surface area contributed by atoms with E-state index < -0.39 is 36.4 Å². The molecule has 6 nitrogen and oxygen atoms in total. The van der Waals surface area contributed by atoms with Gasteiger partial charge in [0.2, 0.25) is 0 Å². The second-order valence-electron chi connectivity index (χ2n) is 4.80. The molecule has 2 heterocycles. The van der Waals surface area contributed by atoms with Gasteiger partial charge in [-0.1, -0.05) is 0 Å². The van der Waals surface area contributed by atoms with Crippen LogP contribution in [0.5, 0.6) is 0 Å². The highest BCUT2D eigenvalue weighted by molar-refractivity contribution is 5.93. The number of nitrogens with zero attached hydrogens (tertiary/aromatic N) is 2. The Morgan fingerprint density at radius 3 is 2.55 bits per heavy atom. The molecule has 0 aliphatic carbocycles. The van der Waals surface area contributed by atoms with Crippen molar-refractivity contribution in [3.8, 4) is 0 Å². The second kappa shape index (κ2) is 4.50. The van der Waals surface area contributed by atoms with Crippen molar-refractivity contribution in [1.82, 2.24) is 15.1 Å². The van der Waals surface area contributed by atoms with Gasteiger partial charge in [0.15, 0.2) is 5.41 Å². The molecule has 1 unspecified atom stereocenters. The second-order valence-corrected chi connectivity index (χ2v) is 4.80. The number of aromatic amines is 1. The number of alkyl halides is 3. The molecule has 1 amide bonds. The van der Waals surface area contributed by atoms with Crippen LogP contribution in [0.4, 0.5) is 13.2 Å². The Balaban J connectivity index is 2.23. The van der Waals surface area contributed by atoms with E-state index in [1.807, 2.05) is 0 Å². The fourth-order valence-corrected chi connectivity index (χ4v) is 2.20. The highest BCUT2D eigenvalue weighted by atomic mass is 19.4. The molecular formula is C11H12F3N3O3. The maximum Gasteiger partial charge on any atom is 0.406 e. The number of hydrogen-bond acceptors (Lipinski definition) is 3. The number of carboxylic acid groups (broad SMARTS) is 1. The standard InChI is InChI=1S/C11H12F3N3O3/c1-6-4-7(16-15-6)8(18)17-3-2-10(5-17,9(19)20)11(12,13)14/h4H,2-3,5H2,1H3,(H,15,16)(H,19,20). The zero-order valence-corrected chi connectivity index (χ0v) is 10.5. The average Bonchev–Trinajstić information content (AvgIpc) is 2.93. The van der Waals surface area contributed by atoms with Crippen LogP contribution in [0.15, 0.2) is 6.07 Å². The van der Waals surface area contributed by atoms with Crippen LogP contribution >= 0.6 is 0 Å². The summed E-state index contributed by atoms with van der Waals surface area (Å²) in [6.45, 7) is 0.484. The molecule has 1 aromatic rings. The topological polar surface area (TPSA) is 86.3 Å². The number of halogens is 3. The van der Waals surface area contributed by atoms with Crippen LogP contribution in [-0.4, -0.2) is 51.3 Å². The molecule has 1 aliphatic heterocycles. The van der Waals surface area contributed by atoms with E-state index in [1.54, 1.807) is 6.92 Å². The third-order valence-electron chi connectivity index (χ3n) is 3.43. The first-order chi connectivity index (χ1) is 9.17. The number of carbonyl (C=O) groups is 2. The molecule has 1 aromatic heterocycles. The molecule has 0 aromatic carbocycles. The SMILES string of the molecule is Cc1cc(C(=O)N2CCC(C(=O)O)(C(F)(F)F)C2)n[nH]1. The van der Waals surface area contributed by atoms with Crippen molar-refractivity contribution in [3.63, 3.8) is 0 Å². The van der Waals surface area contributed by atoms with Gasteiger partial charge >= 0.3 is 12.1 Å². The lowest BCUT2D eigenvalue weighted by molar-refractivity contribution is -0.227. The van der Waals surface area contributed by atoms with Crippen molar-refractivity contribution in [2.75, 3.05) is 13.1 Å². The first-order valence-corrected chi connectivity index (χ1v) is 5.79. The summed E-state index contributed by atoms with van der Waals surface area (Å²) in [5.41, 5.74) is -2.33. The first-order valence-electron chi connectivity index (χ1n) is 5.79. The van der Waals surface area contributed by atoms with Gasteiger partial charge in [0.25, 0.3) is 5.91 Å². The minimum absolute atomic E-state index is 0.0223. The summed E-state index contributed by atoms with van der Waals surface area (Å²) >= 11 is 0. The summed E-state index contributed by atoms with van der Waals surface area (Å²) in [5, 5.41) is 15.1. The summed E-state index contributed by atoms with van der Waals surface area (Å²) in [5.74, 6) is -2.67. The number of hydrogen-bond donors (Lipinski definition) is 2. The smallest absolute Gasteiger partial charge is 0.406 e. The molecule has 0 saturated carbocycles. The van der Waals surface area contributed by atoms with Gasteiger partial charge in [-0.15, -0.1) is 0 Å². The van der Waals surface area contributed by atoms with E-state index >= 15 is 0 Å². The Morgan fingerprint density at radius 1 is 1.50 bits per heavy atom. The molecule has 110 valence electrons. The van der Waals surface area contributed by atoms with E-state index in [9.17, 15) is 22.8 Å². The van der Waals surface area contributed by atoms with Gasteiger partial charge in [-0.25, -0.2) is 0 Å². The van der Waals surface area contributed by atoms with Gasteiger partial charge in [-0.05, 0) is 19.4 Å². The Morgan fingerprint density at radius 2 is 2.15 bits per heavy atom. The van der Waals surface area contributed by atoms with Crippen LogP contribution in [0.25, 0.3) is 0 Å². The normalized spacial score (nSPS) is 23.1. The third-order valence-corrected chi connectivity index (χ3v) is 3.43. The highest BCUT2D eigenvalue weighted by Crippen LogP contribution is 2.45. The quantitative estimate of drug-likeness (QED) is 0.857. The number of rotatable bonds is 2. The van der Waals surface area contributed by atoms with E-state index in [4.69, 9.17) is 5.11 Å². The van der Waals surface area contributed by atoms with Crippen molar-refractivity contribution < 1.29 is 27.9 Å².